The number of carbonyl (C=O) groups excluding carboxylic acids is 3. The van der Waals surface area contributed by atoms with Crippen molar-refractivity contribution in [2.45, 2.75) is 33.2 Å². The first-order chi connectivity index (χ1) is 14.8. The molecule has 164 valence electrons. The molecule has 2 aromatic carbocycles. The lowest BCUT2D eigenvalue weighted by Gasteiger charge is -2.11. The summed E-state index contributed by atoms with van der Waals surface area (Å²) in [6, 6.07) is 12.5. The van der Waals surface area contributed by atoms with Crippen molar-refractivity contribution in [3.63, 3.8) is 0 Å². The van der Waals surface area contributed by atoms with Crippen LogP contribution in [0.25, 0.3) is 0 Å². The number of rotatable bonds is 8. The Morgan fingerprint density at radius 2 is 1.90 bits per heavy atom. The second-order valence-corrected chi connectivity index (χ2v) is 7.73. The SMILES string of the molecule is CC[C@@H](C)NC(=O)C(=O)N/N=C\c1cc(Br)ccc1OCC(=O)Nc1ccccc1C. The number of anilines is 1. The monoisotopic (exact) mass is 488 g/mol. The molecule has 2 aromatic rings. The van der Waals surface area contributed by atoms with Gasteiger partial charge in [-0.25, -0.2) is 5.43 Å². The van der Waals surface area contributed by atoms with Crippen LogP contribution in [0.5, 0.6) is 5.75 Å². The van der Waals surface area contributed by atoms with Gasteiger partial charge in [0.25, 0.3) is 5.91 Å². The van der Waals surface area contributed by atoms with E-state index >= 15 is 0 Å². The Hall–Kier alpha value is -3.20. The zero-order valence-electron chi connectivity index (χ0n) is 17.6. The predicted molar refractivity (Wildman–Crippen MR) is 123 cm³/mol. The van der Waals surface area contributed by atoms with E-state index in [0.29, 0.717) is 23.4 Å². The van der Waals surface area contributed by atoms with Gasteiger partial charge in [0.1, 0.15) is 5.75 Å². The minimum Gasteiger partial charge on any atom is -0.483 e. The molecule has 0 unspecified atom stereocenters. The maximum atomic E-state index is 12.2. The van der Waals surface area contributed by atoms with Crippen molar-refractivity contribution < 1.29 is 19.1 Å². The van der Waals surface area contributed by atoms with Crippen LogP contribution in [0, 0.1) is 6.92 Å². The van der Waals surface area contributed by atoms with Crippen LogP contribution in [0.2, 0.25) is 0 Å². The van der Waals surface area contributed by atoms with Crippen LogP contribution in [-0.4, -0.2) is 36.6 Å². The van der Waals surface area contributed by atoms with Gasteiger partial charge in [-0.2, -0.15) is 5.10 Å². The summed E-state index contributed by atoms with van der Waals surface area (Å²) in [5, 5.41) is 9.16. The fourth-order valence-electron chi connectivity index (χ4n) is 2.40. The number of halogens is 1. The molecule has 31 heavy (non-hydrogen) atoms. The third-order valence-corrected chi connectivity index (χ3v) is 4.81. The zero-order chi connectivity index (χ0) is 22.8. The van der Waals surface area contributed by atoms with E-state index in [0.717, 1.165) is 10.0 Å². The van der Waals surface area contributed by atoms with Crippen molar-refractivity contribution in [2.24, 2.45) is 5.10 Å². The molecule has 0 radical (unpaired) electrons. The van der Waals surface area contributed by atoms with Gasteiger partial charge in [-0.3, -0.25) is 14.4 Å². The highest BCUT2D eigenvalue weighted by molar-refractivity contribution is 9.10. The van der Waals surface area contributed by atoms with Crippen LogP contribution in [0.15, 0.2) is 52.0 Å². The number of nitrogens with one attached hydrogen (secondary N) is 3. The molecule has 0 aromatic heterocycles. The maximum Gasteiger partial charge on any atom is 0.329 e. The third-order valence-electron chi connectivity index (χ3n) is 4.32. The molecule has 2 rings (SSSR count). The largest absolute Gasteiger partial charge is 0.483 e. The van der Waals surface area contributed by atoms with E-state index in [9.17, 15) is 14.4 Å². The highest BCUT2D eigenvalue weighted by Gasteiger charge is 2.14. The Labute approximate surface area is 189 Å². The van der Waals surface area contributed by atoms with E-state index in [4.69, 9.17) is 4.74 Å². The normalized spacial score (nSPS) is 11.6. The van der Waals surface area contributed by atoms with Crippen LogP contribution in [-0.2, 0) is 14.4 Å². The van der Waals surface area contributed by atoms with E-state index in [1.807, 2.05) is 38.1 Å². The molecule has 9 heteroatoms. The summed E-state index contributed by atoms with van der Waals surface area (Å²) in [6.45, 7) is 5.39. The highest BCUT2D eigenvalue weighted by atomic mass is 79.9. The molecular weight excluding hydrogens is 464 g/mol. The quantitative estimate of drug-likeness (QED) is 0.301. The second-order valence-electron chi connectivity index (χ2n) is 6.82. The van der Waals surface area contributed by atoms with Gasteiger partial charge in [0.15, 0.2) is 6.61 Å². The highest BCUT2D eigenvalue weighted by Crippen LogP contribution is 2.22. The average Bonchev–Trinajstić information content (AvgIpc) is 2.74. The Kier molecular flexibility index (Phi) is 9.20. The lowest BCUT2D eigenvalue weighted by molar-refractivity contribution is -0.139. The van der Waals surface area contributed by atoms with Crippen molar-refractivity contribution in [3.05, 3.63) is 58.1 Å². The summed E-state index contributed by atoms with van der Waals surface area (Å²) < 4.78 is 6.38. The molecule has 0 saturated heterocycles. The summed E-state index contributed by atoms with van der Waals surface area (Å²) in [5.74, 6) is -1.54. The number of para-hydroxylation sites is 1. The molecule has 0 saturated carbocycles. The summed E-state index contributed by atoms with van der Waals surface area (Å²) in [5.41, 5.74) is 4.35. The van der Waals surface area contributed by atoms with Crippen molar-refractivity contribution in [1.29, 1.82) is 0 Å². The number of amides is 3. The molecule has 0 fully saturated rings. The van der Waals surface area contributed by atoms with Gasteiger partial charge in [-0.15, -0.1) is 0 Å². The van der Waals surface area contributed by atoms with Crippen molar-refractivity contribution in [2.75, 3.05) is 11.9 Å². The summed E-state index contributed by atoms with van der Waals surface area (Å²) in [6.07, 6.45) is 2.05. The maximum absolute atomic E-state index is 12.2. The number of ether oxygens (including phenoxy) is 1. The Morgan fingerprint density at radius 3 is 2.61 bits per heavy atom. The predicted octanol–water partition coefficient (Wildman–Crippen LogP) is 3.14. The molecule has 0 heterocycles. The van der Waals surface area contributed by atoms with Crippen LogP contribution >= 0.6 is 15.9 Å². The molecule has 3 N–H and O–H groups in total. The first-order valence-electron chi connectivity index (χ1n) is 9.71. The second kappa shape index (κ2) is 11.8. The van der Waals surface area contributed by atoms with Gasteiger partial charge in [0.05, 0.1) is 6.21 Å². The average molecular weight is 489 g/mol. The number of carbonyl (C=O) groups is 3. The van der Waals surface area contributed by atoms with E-state index in [1.54, 1.807) is 25.1 Å². The molecule has 0 aliphatic carbocycles. The number of hydrogen-bond donors (Lipinski definition) is 3. The number of hydrogen-bond acceptors (Lipinski definition) is 5. The third kappa shape index (κ3) is 7.86. The van der Waals surface area contributed by atoms with Crippen LogP contribution in [0.4, 0.5) is 5.69 Å². The Bertz CT molecular complexity index is 978. The van der Waals surface area contributed by atoms with Crippen molar-refractivity contribution in [1.82, 2.24) is 10.7 Å². The molecule has 0 aliphatic rings. The topological polar surface area (TPSA) is 109 Å². The van der Waals surface area contributed by atoms with Crippen LogP contribution < -0.4 is 20.8 Å². The summed E-state index contributed by atoms with van der Waals surface area (Å²) in [4.78, 5) is 35.8. The van der Waals surface area contributed by atoms with Gasteiger partial charge in [-0.05, 0) is 50.1 Å². The number of hydrazone groups is 1. The van der Waals surface area contributed by atoms with E-state index < -0.39 is 11.8 Å². The van der Waals surface area contributed by atoms with Gasteiger partial charge in [0.2, 0.25) is 0 Å². The summed E-state index contributed by atoms with van der Waals surface area (Å²) in [7, 11) is 0. The molecule has 0 spiro atoms. The number of benzene rings is 2. The van der Waals surface area contributed by atoms with E-state index in [-0.39, 0.29) is 18.6 Å². The standard InChI is InChI=1S/C22H25BrN4O4/c1-4-15(3)25-21(29)22(30)27-24-12-16-11-17(23)9-10-19(16)31-13-20(28)26-18-8-6-5-7-14(18)2/h5-12,15H,4,13H2,1-3H3,(H,25,29)(H,26,28)(H,27,30)/b24-12-/t15-/m1/s1. The van der Waals surface area contributed by atoms with Gasteiger partial charge >= 0.3 is 11.8 Å². The number of aryl methyl sites for hydroxylation is 1. The Morgan fingerprint density at radius 1 is 1.16 bits per heavy atom. The first kappa shape index (κ1) is 24.1. The van der Waals surface area contributed by atoms with E-state index in [1.165, 1.54) is 6.21 Å². The first-order valence-corrected chi connectivity index (χ1v) is 10.5. The van der Waals surface area contributed by atoms with Gasteiger partial charge in [-0.1, -0.05) is 41.1 Å². The van der Waals surface area contributed by atoms with Gasteiger partial charge in [0, 0.05) is 21.8 Å². The van der Waals surface area contributed by atoms with Crippen LogP contribution in [0.1, 0.15) is 31.4 Å². The fraction of sp³-hybridized carbons (Fsp3) is 0.273. The molecule has 3 amide bonds. The smallest absolute Gasteiger partial charge is 0.329 e. The molecular formula is C22H25BrN4O4. The van der Waals surface area contributed by atoms with Crippen molar-refractivity contribution in [3.8, 4) is 5.75 Å². The van der Waals surface area contributed by atoms with Gasteiger partial charge < -0.3 is 15.4 Å². The molecule has 0 aliphatic heterocycles. The summed E-state index contributed by atoms with van der Waals surface area (Å²) >= 11 is 3.36. The molecule has 8 nitrogen and oxygen atoms in total. The lowest BCUT2D eigenvalue weighted by Crippen LogP contribution is -2.41. The number of nitrogens with zero attached hydrogens (tertiary/aromatic N) is 1. The van der Waals surface area contributed by atoms with Crippen molar-refractivity contribution >= 4 is 45.6 Å². The van der Waals surface area contributed by atoms with Crippen LogP contribution in [0.3, 0.4) is 0 Å². The Balaban J connectivity index is 1.98. The lowest BCUT2D eigenvalue weighted by atomic mass is 10.2. The van der Waals surface area contributed by atoms with E-state index in [2.05, 4.69) is 37.1 Å². The zero-order valence-corrected chi connectivity index (χ0v) is 19.2. The molecule has 0 bridgehead atoms. The minimum atomic E-state index is -0.869. The fourth-order valence-corrected chi connectivity index (χ4v) is 2.78. The molecule has 1 atom stereocenters. The minimum absolute atomic E-state index is 0.113.